The smallest absolute Gasteiger partial charge is 0.227 e. The Morgan fingerprint density at radius 3 is 2.50 bits per heavy atom. The van der Waals surface area contributed by atoms with E-state index in [-0.39, 0.29) is 35.6 Å². The molecule has 2 N–H and O–H groups in total. The maximum absolute atomic E-state index is 13.8. The summed E-state index contributed by atoms with van der Waals surface area (Å²) in [5.74, 6) is 0.673. The van der Waals surface area contributed by atoms with E-state index in [2.05, 4.69) is 15.6 Å². The predicted molar refractivity (Wildman–Crippen MR) is 128 cm³/mol. The first-order valence-electron chi connectivity index (χ1n) is 9.84. The summed E-state index contributed by atoms with van der Waals surface area (Å²) in [6.07, 6.45) is 1.55. The molecule has 0 aromatic heterocycles. The number of carbonyl (C=O) groups is 1. The number of benzene rings is 2. The van der Waals surface area contributed by atoms with Crippen molar-refractivity contribution in [2.75, 3.05) is 25.1 Å². The number of methoxy groups -OCH3 is 1. The van der Waals surface area contributed by atoms with Gasteiger partial charge in [0.15, 0.2) is 17.5 Å². The van der Waals surface area contributed by atoms with Crippen molar-refractivity contribution in [2.24, 2.45) is 4.99 Å². The van der Waals surface area contributed by atoms with Crippen molar-refractivity contribution in [1.82, 2.24) is 10.6 Å². The van der Waals surface area contributed by atoms with Crippen LogP contribution in [-0.2, 0) is 17.9 Å². The van der Waals surface area contributed by atoms with Crippen LogP contribution in [0.15, 0.2) is 47.5 Å². The number of halogens is 2. The first kappa shape index (κ1) is 23.9. The topological polar surface area (TPSA) is 66.0 Å². The number of nitrogens with one attached hydrogen (secondary N) is 2. The molecule has 1 fully saturated rings. The summed E-state index contributed by atoms with van der Waals surface area (Å²) in [5.41, 5.74) is 2.79. The van der Waals surface area contributed by atoms with Gasteiger partial charge >= 0.3 is 0 Å². The van der Waals surface area contributed by atoms with E-state index in [4.69, 9.17) is 4.74 Å². The summed E-state index contributed by atoms with van der Waals surface area (Å²) >= 11 is 0. The Morgan fingerprint density at radius 2 is 1.90 bits per heavy atom. The Hall–Kier alpha value is -2.36. The van der Waals surface area contributed by atoms with Gasteiger partial charge in [0.05, 0.1) is 13.7 Å². The van der Waals surface area contributed by atoms with E-state index in [1.54, 1.807) is 12.1 Å². The molecule has 8 heteroatoms. The third-order valence-electron chi connectivity index (χ3n) is 4.76. The van der Waals surface area contributed by atoms with Crippen molar-refractivity contribution >= 4 is 41.5 Å². The molecule has 1 amide bonds. The van der Waals surface area contributed by atoms with Crippen molar-refractivity contribution in [3.05, 3.63) is 59.4 Å². The number of carbonyl (C=O) groups excluding carboxylic acids is 1. The molecule has 30 heavy (non-hydrogen) atoms. The van der Waals surface area contributed by atoms with Gasteiger partial charge in [-0.3, -0.25) is 4.79 Å². The second-order valence-electron chi connectivity index (χ2n) is 6.83. The Morgan fingerprint density at radius 1 is 1.17 bits per heavy atom. The van der Waals surface area contributed by atoms with Crippen LogP contribution in [0, 0.1) is 5.82 Å². The van der Waals surface area contributed by atoms with Crippen LogP contribution in [0.5, 0.6) is 5.75 Å². The van der Waals surface area contributed by atoms with Gasteiger partial charge in [-0.2, -0.15) is 0 Å². The molecule has 1 aliphatic rings. The highest BCUT2D eigenvalue weighted by Crippen LogP contribution is 2.21. The molecule has 0 atom stereocenters. The zero-order valence-electron chi connectivity index (χ0n) is 17.3. The van der Waals surface area contributed by atoms with E-state index in [1.165, 1.54) is 13.2 Å². The molecule has 6 nitrogen and oxygen atoms in total. The molecule has 2 aromatic carbocycles. The second-order valence-corrected chi connectivity index (χ2v) is 6.83. The van der Waals surface area contributed by atoms with Crippen molar-refractivity contribution in [3.63, 3.8) is 0 Å². The molecule has 0 bridgehead atoms. The van der Waals surface area contributed by atoms with Crippen LogP contribution in [0.25, 0.3) is 0 Å². The lowest BCUT2D eigenvalue weighted by Crippen LogP contribution is -2.36. The van der Waals surface area contributed by atoms with Gasteiger partial charge < -0.3 is 20.3 Å². The number of aliphatic imine (C=N–C) groups is 1. The van der Waals surface area contributed by atoms with E-state index in [0.717, 1.165) is 36.3 Å². The number of guanidine groups is 1. The fraction of sp³-hybridized carbons (Fsp3) is 0.364. The average molecular weight is 526 g/mol. The molecule has 0 spiro atoms. The summed E-state index contributed by atoms with van der Waals surface area (Å²) < 4.78 is 18.8. The van der Waals surface area contributed by atoms with Crippen molar-refractivity contribution in [2.45, 2.75) is 32.9 Å². The number of hydrogen-bond acceptors (Lipinski definition) is 3. The molecule has 1 heterocycles. The number of nitrogens with zero attached hydrogens (tertiary/aromatic N) is 2. The standard InChI is InChI=1S/C22H27FN4O2.HI/c1-3-24-22(26-15-17-8-11-20(29-2)19(23)13-17)25-14-16-6-9-18(10-7-16)27-12-4-5-21(27)28;/h6-11,13H,3-5,12,14-15H2,1-2H3,(H2,24,25,26);1H. The Balaban J connectivity index is 0.00000320. The monoisotopic (exact) mass is 526 g/mol. The highest BCUT2D eigenvalue weighted by molar-refractivity contribution is 14.0. The summed E-state index contributed by atoms with van der Waals surface area (Å²) in [5, 5.41) is 6.47. The molecule has 0 saturated carbocycles. The van der Waals surface area contributed by atoms with Crippen molar-refractivity contribution in [3.8, 4) is 5.75 Å². The van der Waals surface area contributed by atoms with E-state index in [9.17, 15) is 9.18 Å². The van der Waals surface area contributed by atoms with Crippen LogP contribution < -0.4 is 20.3 Å². The lowest BCUT2D eigenvalue weighted by molar-refractivity contribution is -0.117. The van der Waals surface area contributed by atoms with Gasteiger partial charge in [0.2, 0.25) is 5.91 Å². The van der Waals surface area contributed by atoms with E-state index in [1.807, 2.05) is 36.1 Å². The first-order chi connectivity index (χ1) is 14.1. The third-order valence-corrected chi connectivity index (χ3v) is 4.76. The quantitative estimate of drug-likeness (QED) is 0.327. The molecular formula is C22H28FIN4O2. The zero-order chi connectivity index (χ0) is 20.6. The normalized spacial score (nSPS) is 13.8. The van der Waals surface area contributed by atoms with Crippen molar-refractivity contribution < 1.29 is 13.9 Å². The largest absolute Gasteiger partial charge is 0.494 e. The molecule has 3 rings (SSSR count). The Bertz CT molecular complexity index is 874. The molecule has 1 saturated heterocycles. The molecule has 2 aromatic rings. The predicted octanol–water partition coefficient (Wildman–Crippen LogP) is 3.83. The van der Waals surface area contributed by atoms with Gasteiger partial charge in [0.25, 0.3) is 0 Å². The van der Waals surface area contributed by atoms with E-state index < -0.39 is 5.82 Å². The van der Waals surface area contributed by atoms with E-state index in [0.29, 0.717) is 25.5 Å². The maximum Gasteiger partial charge on any atom is 0.227 e. The SMILES string of the molecule is CCNC(=NCc1ccc(OC)c(F)c1)NCc1ccc(N2CCCC2=O)cc1.I. The van der Waals surface area contributed by atoms with Gasteiger partial charge in [-0.25, -0.2) is 9.38 Å². The van der Waals surface area contributed by atoms with Crippen LogP contribution in [0.4, 0.5) is 10.1 Å². The number of hydrogen-bond donors (Lipinski definition) is 2. The van der Waals surface area contributed by atoms with Crippen molar-refractivity contribution in [1.29, 1.82) is 0 Å². The lowest BCUT2D eigenvalue weighted by atomic mass is 10.2. The molecule has 1 aliphatic heterocycles. The first-order valence-corrected chi connectivity index (χ1v) is 9.84. The van der Waals surface area contributed by atoms with Gasteiger partial charge in [-0.1, -0.05) is 18.2 Å². The van der Waals surface area contributed by atoms with Crippen LogP contribution in [0.2, 0.25) is 0 Å². The molecule has 0 radical (unpaired) electrons. The summed E-state index contributed by atoms with van der Waals surface area (Å²) in [6, 6.07) is 12.8. The molecular weight excluding hydrogens is 498 g/mol. The minimum absolute atomic E-state index is 0. The fourth-order valence-corrected chi connectivity index (χ4v) is 3.22. The Kier molecular flexibility index (Phi) is 9.35. The van der Waals surface area contributed by atoms with E-state index >= 15 is 0 Å². The second kappa shape index (κ2) is 11.7. The minimum Gasteiger partial charge on any atom is -0.494 e. The van der Waals surface area contributed by atoms with Crippen LogP contribution in [-0.4, -0.2) is 32.1 Å². The fourth-order valence-electron chi connectivity index (χ4n) is 3.22. The van der Waals surface area contributed by atoms with Crippen LogP contribution >= 0.6 is 24.0 Å². The minimum atomic E-state index is -0.394. The Labute approximate surface area is 193 Å². The number of rotatable bonds is 7. The van der Waals surface area contributed by atoms with Crippen LogP contribution in [0.3, 0.4) is 0 Å². The molecule has 0 aliphatic carbocycles. The summed E-state index contributed by atoms with van der Waals surface area (Å²) in [7, 11) is 1.44. The highest BCUT2D eigenvalue weighted by atomic mass is 127. The maximum atomic E-state index is 13.8. The number of amides is 1. The summed E-state index contributed by atoms with van der Waals surface area (Å²) in [6.45, 7) is 4.45. The van der Waals surface area contributed by atoms with Gasteiger partial charge in [-0.05, 0) is 48.7 Å². The summed E-state index contributed by atoms with van der Waals surface area (Å²) in [4.78, 5) is 18.2. The van der Waals surface area contributed by atoms with Gasteiger partial charge in [0, 0.05) is 31.7 Å². The van der Waals surface area contributed by atoms with Gasteiger partial charge in [0.1, 0.15) is 0 Å². The average Bonchev–Trinajstić information content (AvgIpc) is 3.16. The number of anilines is 1. The lowest BCUT2D eigenvalue weighted by Gasteiger charge is -2.16. The van der Waals surface area contributed by atoms with Crippen LogP contribution in [0.1, 0.15) is 30.9 Å². The highest BCUT2D eigenvalue weighted by Gasteiger charge is 2.21. The molecule has 162 valence electrons. The van der Waals surface area contributed by atoms with Gasteiger partial charge in [-0.15, -0.1) is 24.0 Å². The zero-order valence-corrected chi connectivity index (χ0v) is 19.6. The third kappa shape index (κ3) is 6.32. The molecule has 0 unspecified atom stereocenters. The number of ether oxygens (including phenoxy) is 1.